The summed E-state index contributed by atoms with van der Waals surface area (Å²) in [5.74, 6) is -11.5. The van der Waals surface area contributed by atoms with Crippen LogP contribution in [0.25, 0.3) is 17.0 Å². The van der Waals surface area contributed by atoms with E-state index in [9.17, 15) is 48.9 Å². The number of aromatic nitrogens is 4. The number of ether oxygens (including phenoxy) is 2. The highest BCUT2D eigenvalue weighted by molar-refractivity contribution is 8.07. The number of carbonyl (C=O) groups excluding carboxylic acids is 7. The molecule has 8 N–H and O–H groups in total. The second-order valence-corrected chi connectivity index (χ2v) is 22.6. The minimum atomic E-state index is -2.85. The smallest absolute Gasteiger partial charge is 0.356 e. The van der Waals surface area contributed by atoms with E-state index >= 15 is 0 Å². The molecule has 2 fully saturated rings. The van der Waals surface area contributed by atoms with E-state index in [-0.39, 0.29) is 64.5 Å². The Hall–Kier alpha value is -7.24. The summed E-state index contributed by atoms with van der Waals surface area (Å²) in [5.41, 5.74) is 8.95. The number of Topliss-reactive ketones (excluding diaryl/α,β-unsaturated/α-hetero) is 2. The number of nitrogens with one attached hydrogen (secondary N) is 1. The normalized spacial score (nSPS) is 23.5. The van der Waals surface area contributed by atoms with E-state index in [0.717, 1.165) is 28.9 Å². The van der Waals surface area contributed by atoms with E-state index in [1.807, 2.05) is 41.5 Å². The van der Waals surface area contributed by atoms with E-state index < -0.39 is 99.3 Å². The third kappa shape index (κ3) is 9.24. The van der Waals surface area contributed by atoms with Gasteiger partial charge in [0.2, 0.25) is 17.3 Å². The molecule has 0 bridgehead atoms. The van der Waals surface area contributed by atoms with Gasteiger partial charge >= 0.3 is 11.9 Å². The van der Waals surface area contributed by atoms with Crippen molar-refractivity contribution in [1.82, 2.24) is 29.5 Å². The summed E-state index contributed by atoms with van der Waals surface area (Å²) in [7, 11) is 8.38. The van der Waals surface area contributed by atoms with Gasteiger partial charge in [0, 0.05) is 76.5 Å². The second-order valence-electron chi connectivity index (χ2n) is 18.6. The van der Waals surface area contributed by atoms with Gasteiger partial charge in [-0.2, -0.15) is 9.36 Å². The number of oxime groups is 1. The lowest BCUT2D eigenvalue weighted by Gasteiger charge is -2.50. The first kappa shape index (κ1) is 53.6. The van der Waals surface area contributed by atoms with Gasteiger partial charge in [0.1, 0.15) is 53.6 Å². The number of thiazole rings is 1. The molecule has 0 spiro atoms. The maximum absolute atomic E-state index is 14.6. The lowest BCUT2D eigenvalue weighted by atomic mass is 9.57. The van der Waals surface area contributed by atoms with Crippen molar-refractivity contribution in [1.29, 1.82) is 0 Å². The van der Waals surface area contributed by atoms with Crippen molar-refractivity contribution in [3.8, 4) is 17.0 Å². The largest absolute Gasteiger partial charge is 0.508 e. The first-order valence-corrected chi connectivity index (χ1v) is 26.9. The number of fused-ring (bicyclic) bond motifs is 4. The second kappa shape index (κ2) is 20.7. The number of nitrogens with two attached hydrogens (primary N) is 2. The average Bonchev–Trinajstić information content (AvgIpc) is 4.10. The summed E-state index contributed by atoms with van der Waals surface area (Å²) in [6.45, 7) is 2.99. The number of amides is 3. The van der Waals surface area contributed by atoms with Crippen molar-refractivity contribution in [3.63, 3.8) is 0 Å². The Labute approximate surface area is 449 Å². The molecule has 398 valence electrons. The van der Waals surface area contributed by atoms with E-state index in [4.69, 9.17) is 30.8 Å². The number of aliphatic hydroxyl groups is 3. The number of aryl methyl sites for hydroxylation is 1. The number of hydrogen-bond acceptors (Lipinski definition) is 24. The monoisotopic (exact) mass is 1120 g/mol. The van der Waals surface area contributed by atoms with Gasteiger partial charge in [0.15, 0.2) is 39.4 Å². The van der Waals surface area contributed by atoms with Crippen LogP contribution in [-0.2, 0) is 56.6 Å². The molecule has 3 amide bonds. The number of nitrogens with zero attached hydrogens (tertiary/aromatic N) is 8. The maximum atomic E-state index is 14.6. The van der Waals surface area contributed by atoms with E-state index in [1.54, 1.807) is 32.0 Å². The molecule has 1 unspecified atom stereocenters. The average molecular weight is 1120 g/mol. The first-order chi connectivity index (χ1) is 36.1. The number of pyridine rings is 1. The zero-order chi connectivity index (χ0) is 54.8. The molecule has 24 nitrogen and oxygen atoms in total. The van der Waals surface area contributed by atoms with Crippen LogP contribution in [0.3, 0.4) is 0 Å². The summed E-state index contributed by atoms with van der Waals surface area (Å²) >= 11 is 4.50. The number of hydrogen-bond donors (Lipinski definition) is 6. The zero-order valence-electron chi connectivity index (χ0n) is 41.6. The third-order valence-electron chi connectivity index (χ3n) is 13.4. The van der Waals surface area contributed by atoms with E-state index in [1.165, 1.54) is 60.0 Å². The lowest BCUT2D eigenvalue weighted by Crippen LogP contribution is -2.71. The van der Waals surface area contributed by atoms with Crippen LogP contribution in [-0.4, -0.2) is 156 Å². The summed E-state index contributed by atoms with van der Waals surface area (Å²) in [6, 6.07) is 4.33. The molecule has 1 saturated carbocycles. The Morgan fingerprint density at radius 2 is 1.82 bits per heavy atom. The van der Waals surface area contributed by atoms with Crippen molar-refractivity contribution in [2.24, 2.45) is 29.8 Å². The predicted molar refractivity (Wildman–Crippen MR) is 277 cm³/mol. The lowest BCUT2D eigenvalue weighted by molar-refractivity contribution is -0.671. The molecule has 3 aromatic heterocycles. The van der Waals surface area contributed by atoms with Gasteiger partial charge in [-0.15, -0.1) is 23.1 Å². The molecule has 5 aliphatic rings. The van der Waals surface area contributed by atoms with Crippen molar-refractivity contribution >= 4 is 110 Å². The van der Waals surface area contributed by atoms with Crippen LogP contribution in [0.15, 0.2) is 79.0 Å². The van der Waals surface area contributed by atoms with Crippen LogP contribution in [0.4, 0.5) is 10.8 Å². The molecule has 7 atom stereocenters. The molecular formula is C48H50N11O13S4+. The Morgan fingerprint density at radius 1 is 1.09 bits per heavy atom. The SMILES string of the molecule is CCO/N=C(/C(=O)N[C@@H]1C(=O)N2C(C(=O)OC(C)C(=O)Oc3ccc(N(C)C)c4c3C(O)=C3C(=O)[C@@]5(O)C(O)=C(C(N)=O)C(=O)[C@H](N(C)C)[C@H]5C[C@H]3C4)=C(Sc3nc(-c4cc[n+](C)cc4)cs3)CS[C@H]12)c1nsc(N)n1. The maximum Gasteiger partial charge on any atom is 0.356 e. The first-order valence-electron chi connectivity index (χ1n) is 23.3. The van der Waals surface area contributed by atoms with Gasteiger partial charge in [-0.25, -0.2) is 19.1 Å². The number of anilines is 2. The fraction of sp³-hybridized carbons (Fsp3) is 0.375. The highest BCUT2D eigenvalue weighted by Crippen LogP contribution is 2.54. The highest BCUT2D eigenvalue weighted by atomic mass is 32.2. The van der Waals surface area contributed by atoms with Gasteiger partial charge in [0.25, 0.3) is 17.7 Å². The number of β-lactam (4-membered cyclic amide) rings is 1. The number of carbonyl (C=O) groups is 7. The Bertz CT molecular complexity index is 3280. The van der Waals surface area contributed by atoms with Crippen molar-refractivity contribution in [3.05, 3.63) is 86.5 Å². The van der Waals surface area contributed by atoms with Gasteiger partial charge in [-0.3, -0.25) is 33.8 Å². The molecule has 76 heavy (non-hydrogen) atoms. The van der Waals surface area contributed by atoms with Crippen molar-refractivity contribution in [2.45, 2.75) is 60.2 Å². The number of ketones is 2. The summed E-state index contributed by atoms with van der Waals surface area (Å²) in [6.07, 6.45) is 1.97. The topological polar surface area (TPSA) is 337 Å². The Morgan fingerprint density at radius 3 is 2.46 bits per heavy atom. The van der Waals surface area contributed by atoms with Crippen LogP contribution in [0.5, 0.6) is 5.75 Å². The molecule has 9 rings (SSSR count). The number of thioether (sulfide) groups is 2. The predicted octanol–water partition coefficient (Wildman–Crippen LogP) is 1.39. The molecule has 4 aromatic rings. The molecule has 0 radical (unpaired) electrons. The van der Waals surface area contributed by atoms with Crippen LogP contribution in [0, 0.1) is 11.8 Å². The van der Waals surface area contributed by atoms with E-state index in [0.29, 0.717) is 26.2 Å². The standard InChI is InChI=1S/C48H49N11O13S4/c1-8-70-54-31(40-53-46(50)76-55-40)41(65)52-32-42(66)59-34(27(18-73-43(32)59)75-47-51-24(17-74-47)20-11-13-58(7)14-12-20)45(68)71-19(2)44(67)72-26-10-9-25(56(3)4)22-15-21-16-23-33(57(5)6)36(61)30(39(49)64)38(63)48(23,69)37(62)28(21)35(60)29(22)26/h9-14,17,19,21,23,32-33,43,69H,8,15-16,18H2,1-7H3,(H6-,49,50,52,53,55,60,61,62,63,64,65)/p+1/b54-31+/t19?,21-,23-,32-,33-,43-,48-/m1/s1. The number of esters is 2. The Balaban J connectivity index is 1.01. The molecule has 28 heteroatoms. The summed E-state index contributed by atoms with van der Waals surface area (Å²) in [4.78, 5) is 116. The Kier molecular flexibility index (Phi) is 14.6. The molecular weight excluding hydrogens is 1070 g/mol. The van der Waals surface area contributed by atoms with Gasteiger partial charge in [-0.05, 0) is 64.4 Å². The summed E-state index contributed by atoms with van der Waals surface area (Å²) in [5, 5.41) is 43.2. The highest BCUT2D eigenvalue weighted by Gasteiger charge is 2.64. The zero-order valence-corrected chi connectivity index (χ0v) is 44.9. The molecule has 1 aromatic carbocycles. The van der Waals surface area contributed by atoms with Gasteiger partial charge in [0.05, 0.1) is 17.3 Å². The minimum Gasteiger partial charge on any atom is -0.508 e. The third-order valence-corrected chi connectivity index (χ3v) is 17.4. The summed E-state index contributed by atoms with van der Waals surface area (Å²) < 4.78 is 18.1. The van der Waals surface area contributed by atoms with Gasteiger partial charge < -0.3 is 51.3 Å². The van der Waals surface area contributed by atoms with Crippen molar-refractivity contribution < 1.29 is 67.8 Å². The van der Waals surface area contributed by atoms with Crippen LogP contribution < -0.4 is 31.0 Å². The number of benzene rings is 1. The molecule has 3 aliphatic carbocycles. The quantitative estimate of drug-likeness (QED) is 0.0186. The van der Waals surface area contributed by atoms with Crippen LogP contribution in [0.1, 0.15) is 37.2 Å². The number of nitrogen functional groups attached to an aromatic ring is 1. The fourth-order valence-electron chi connectivity index (χ4n) is 9.90. The molecule has 2 aliphatic heterocycles. The number of likely N-dealkylation sites (N-methyl/N-ethyl adjacent to an activating group) is 1. The number of primary amides is 1. The van der Waals surface area contributed by atoms with Crippen LogP contribution in [0.2, 0.25) is 0 Å². The van der Waals surface area contributed by atoms with E-state index in [2.05, 4.69) is 19.8 Å². The molecule has 1 saturated heterocycles. The van der Waals surface area contributed by atoms with Crippen LogP contribution >= 0.6 is 46.4 Å². The fourth-order valence-corrected chi connectivity index (χ4v) is 13.8. The van der Waals surface area contributed by atoms with Crippen molar-refractivity contribution in [2.75, 3.05) is 51.2 Å². The minimum absolute atomic E-state index is 0.0266. The number of rotatable bonds is 15. The number of aliphatic hydroxyl groups excluding tert-OH is 2. The molecule has 5 heterocycles. The van der Waals surface area contributed by atoms with Gasteiger partial charge in [-0.1, -0.05) is 16.9 Å².